The Kier molecular flexibility index (Phi) is 13.5. The summed E-state index contributed by atoms with van der Waals surface area (Å²) in [5.74, 6) is -0.547. The molecule has 0 aliphatic rings. The minimum absolute atomic E-state index is 0. The number of pyridine rings is 2. The Morgan fingerprint density at radius 3 is 2.21 bits per heavy atom. The SMILES string of the molecule is CC(C)(C)c1cccc(-c2ccccc2)c1CCn1c(-c2[c-]ccc3c2oc2cc(-c4ccc(F)cc4)cnc23)nc2ccc(F)cc21.[2H]C(C)(C)c1c[c-]c(-c2ccc([Si](C)(C)C)cn2)cc1.[Ir]. The molecule has 0 saturated carbocycles. The zero-order chi connectivity index (χ0) is 48.0. The molecule has 1 radical (unpaired) electrons. The summed E-state index contributed by atoms with van der Waals surface area (Å²) in [5, 5.41) is 2.20. The van der Waals surface area contributed by atoms with E-state index in [1.54, 1.807) is 30.5 Å². The van der Waals surface area contributed by atoms with E-state index in [1.165, 1.54) is 40.1 Å². The van der Waals surface area contributed by atoms with Crippen molar-refractivity contribution in [1.82, 2.24) is 19.5 Å². The average Bonchev–Trinajstić information content (AvgIpc) is 3.88. The summed E-state index contributed by atoms with van der Waals surface area (Å²) in [5.41, 5.74) is 13.4. The summed E-state index contributed by atoms with van der Waals surface area (Å²) in [7, 11) is -1.29. The Balaban J connectivity index is 0.000000257. The number of nitrogens with zero attached hydrogens (tertiary/aromatic N) is 4. The van der Waals surface area contributed by atoms with Gasteiger partial charge in [-0.3, -0.25) is 9.97 Å². The predicted molar refractivity (Wildman–Crippen MR) is 274 cm³/mol. The summed E-state index contributed by atoms with van der Waals surface area (Å²) >= 11 is 0. The molecule has 10 rings (SSSR count). The van der Waals surface area contributed by atoms with Crippen LogP contribution in [-0.4, -0.2) is 27.6 Å². The quantitative estimate of drug-likeness (QED) is 0.107. The van der Waals surface area contributed by atoms with E-state index in [2.05, 4.69) is 117 Å². The van der Waals surface area contributed by atoms with Gasteiger partial charge in [0, 0.05) is 46.0 Å². The molecule has 10 aromatic rings. The monoisotopic (exact) mass is 1090 g/mol. The van der Waals surface area contributed by atoms with E-state index >= 15 is 0 Å². The molecular formula is C59H54F2IrN4OSi-2. The van der Waals surface area contributed by atoms with E-state index in [-0.39, 0.29) is 37.2 Å². The summed E-state index contributed by atoms with van der Waals surface area (Å²) < 4.78 is 45.0. The van der Waals surface area contributed by atoms with Gasteiger partial charge in [0.25, 0.3) is 0 Å². The number of hydrogen-bond donors (Lipinski definition) is 0. The fourth-order valence-corrected chi connectivity index (χ4v) is 9.69. The Labute approximate surface area is 414 Å². The van der Waals surface area contributed by atoms with Crippen LogP contribution in [0.15, 0.2) is 156 Å². The maximum Gasteiger partial charge on any atom is 0.139 e. The standard InChI is InChI=1S/C42H32F2N3O.C17H22NSi.Ir/c1-42(2,3)35-14-8-11-31(27-9-5-4-6-10-27)32(35)21-22-47-37-24-30(44)19-20-36(37)46-41(47)34-13-7-12-33-39-38(48-40(33)34)23-28(25-45-39)26-15-17-29(43)18-16-26;1-13(2)14-6-8-15(9-7-14)17-11-10-16(12-18-17)19(3,4)5;/h4-12,14-20,23-25H,21-22H2,1-3H3;6-8,10-13H,1-5H3;/q2*-1;/i;13D;. The van der Waals surface area contributed by atoms with Crippen LogP contribution < -0.4 is 5.19 Å². The molecule has 0 aliphatic carbocycles. The number of benzene rings is 6. The number of aromatic nitrogens is 4. The molecule has 9 heteroatoms. The molecule has 0 atom stereocenters. The third-order valence-corrected chi connectivity index (χ3v) is 14.4. The molecule has 345 valence electrons. The van der Waals surface area contributed by atoms with Gasteiger partial charge in [0.1, 0.15) is 17.2 Å². The van der Waals surface area contributed by atoms with Crippen molar-refractivity contribution in [3.8, 4) is 44.9 Å². The van der Waals surface area contributed by atoms with Crippen molar-refractivity contribution in [2.45, 2.75) is 78.5 Å². The van der Waals surface area contributed by atoms with E-state index in [4.69, 9.17) is 15.8 Å². The van der Waals surface area contributed by atoms with Crippen LogP contribution in [0, 0.1) is 23.8 Å². The van der Waals surface area contributed by atoms with Crippen LogP contribution in [-0.2, 0) is 38.5 Å². The van der Waals surface area contributed by atoms with Crippen LogP contribution in [0.25, 0.3) is 78.0 Å². The van der Waals surface area contributed by atoms with Crippen molar-refractivity contribution in [3.05, 3.63) is 192 Å². The smallest absolute Gasteiger partial charge is 0.139 e. The number of furan rings is 1. The maximum atomic E-state index is 14.8. The van der Waals surface area contributed by atoms with E-state index in [1.807, 2.05) is 62.5 Å². The van der Waals surface area contributed by atoms with Crippen molar-refractivity contribution in [2.24, 2.45) is 0 Å². The predicted octanol–water partition coefficient (Wildman–Crippen LogP) is 15.2. The molecule has 4 heterocycles. The van der Waals surface area contributed by atoms with Gasteiger partial charge in [0.05, 0.1) is 36.0 Å². The molecule has 5 nitrogen and oxygen atoms in total. The second kappa shape index (κ2) is 19.7. The summed E-state index contributed by atoms with van der Waals surface area (Å²) in [6, 6.07) is 50.5. The van der Waals surface area contributed by atoms with Gasteiger partial charge in [0.2, 0.25) is 0 Å². The maximum absolute atomic E-state index is 14.8. The first-order valence-electron chi connectivity index (χ1n) is 23.2. The molecule has 0 amide bonds. The number of aryl methyl sites for hydroxylation is 1. The van der Waals surface area contributed by atoms with Gasteiger partial charge in [-0.25, -0.2) is 8.78 Å². The summed E-state index contributed by atoms with van der Waals surface area (Å²) in [6.45, 7) is 18.0. The van der Waals surface area contributed by atoms with Gasteiger partial charge in [-0.05, 0) is 92.3 Å². The Morgan fingerprint density at radius 1 is 0.765 bits per heavy atom. The first-order chi connectivity index (χ1) is 32.4. The van der Waals surface area contributed by atoms with Gasteiger partial charge in [-0.15, -0.1) is 53.6 Å². The van der Waals surface area contributed by atoms with E-state index in [9.17, 15) is 8.78 Å². The minimum atomic E-state index is -1.29. The van der Waals surface area contributed by atoms with Crippen LogP contribution in [0.4, 0.5) is 8.78 Å². The summed E-state index contributed by atoms with van der Waals surface area (Å²) in [6.07, 6.45) is 4.47. The van der Waals surface area contributed by atoms with E-state index in [0.717, 1.165) is 38.9 Å². The van der Waals surface area contributed by atoms with Crippen LogP contribution >= 0.6 is 0 Å². The second-order valence-corrected chi connectivity index (χ2v) is 24.4. The first-order valence-corrected chi connectivity index (χ1v) is 26.2. The van der Waals surface area contributed by atoms with Crippen molar-refractivity contribution >= 4 is 46.4 Å². The number of imidazole rings is 1. The molecule has 0 spiro atoms. The van der Waals surface area contributed by atoms with Crippen molar-refractivity contribution < 1.29 is 34.7 Å². The van der Waals surface area contributed by atoms with E-state index in [0.29, 0.717) is 52.1 Å². The van der Waals surface area contributed by atoms with Crippen molar-refractivity contribution in [1.29, 1.82) is 0 Å². The second-order valence-electron chi connectivity index (χ2n) is 19.4. The van der Waals surface area contributed by atoms with Crippen molar-refractivity contribution in [2.75, 3.05) is 0 Å². The molecule has 4 aromatic heterocycles. The fraction of sp³-hybridized carbons (Fsp3) is 0.203. The van der Waals surface area contributed by atoms with Gasteiger partial charge in [0.15, 0.2) is 0 Å². The van der Waals surface area contributed by atoms with Crippen LogP contribution in [0.2, 0.25) is 19.6 Å². The largest absolute Gasteiger partial charge is 0.499 e. The van der Waals surface area contributed by atoms with Crippen LogP contribution in [0.1, 0.15) is 58.6 Å². The molecule has 0 fully saturated rings. The third kappa shape index (κ3) is 10.1. The number of rotatable bonds is 9. The normalized spacial score (nSPS) is 12.2. The molecule has 0 aliphatic heterocycles. The van der Waals surface area contributed by atoms with Crippen molar-refractivity contribution in [3.63, 3.8) is 0 Å². The molecular weight excluding hydrogens is 1040 g/mol. The zero-order valence-electron chi connectivity index (χ0n) is 40.6. The Hall–Kier alpha value is -6.38. The number of halogens is 2. The average molecular weight is 1090 g/mol. The molecule has 0 N–H and O–H groups in total. The zero-order valence-corrected chi connectivity index (χ0v) is 43.0. The van der Waals surface area contributed by atoms with Gasteiger partial charge < -0.3 is 14.0 Å². The minimum Gasteiger partial charge on any atom is -0.499 e. The number of hydrogen-bond acceptors (Lipinski definition) is 4. The first kappa shape index (κ1) is 46.7. The fourth-order valence-electron chi connectivity index (χ4n) is 8.65. The molecule has 0 saturated heterocycles. The Morgan fingerprint density at radius 2 is 1.53 bits per heavy atom. The van der Waals surface area contributed by atoms with Gasteiger partial charge in [-0.1, -0.05) is 139 Å². The van der Waals surface area contributed by atoms with E-state index < -0.39 is 14.0 Å². The molecule has 6 aromatic carbocycles. The molecule has 68 heavy (non-hydrogen) atoms. The third-order valence-electron chi connectivity index (χ3n) is 12.3. The molecule has 0 bridgehead atoms. The van der Waals surface area contributed by atoms with Crippen LogP contribution in [0.3, 0.4) is 0 Å². The van der Waals surface area contributed by atoms with Gasteiger partial charge >= 0.3 is 0 Å². The van der Waals surface area contributed by atoms with Gasteiger partial charge in [-0.2, -0.15) is 0 Å². The molecule has 0 unspecified atom stereocenters. The Bertz CT molecular complexity index is 3350. The summed E-state index contributed by atoms with van der Waals surface area (Å²) in [4.78, 5) is 14.3. The van der Waals surface area contributed by atoms with Crippen LogP contribution in [0.5, 0.6) is 0 Å². The number of fused-ring (bicyclic) bond motifs is 4. The topological polar surface area (TPSA) is 56.7 Å².